The van der Waals surface area contributed by atoms with E-state index in [4.69, 9.17) is 10.5 Å². The molecule has 84 valence electrons. The molecule has 1 atom stereocenters. The zero-order valence-electron chi connectivity index (χ0n) is 9.29. The lowest BCUT2D eigenvalue weighted by Crippen LogP contribution is -2.44. The van der Waals surface area contributed by atoms with Crippen molar-refractivity contribution >= 4 is 17.9 Å². The van der Waals surface area contributed by atoms with Crippen molar-refractivity contribution < 1.29 is 9.53 Å². The van der Waals surface area contributed by atoms with Crippen LogP contribution in [0.1, 0.15) is 20.8 Å². The van der Waals surface area contributed by atoms with E-state index in [0.717, 1.165) is 5.75 Å². The standard InChI is InChI=1S/C9H20N2O2S/c1-9(2,3)13-8(12)11-7(5-10)6-14-4/h7H,5-6,10H2,1-4H3,(H,11,12). The highest BCUT2D eigenvalue weighted by Gasteiger charge is 2.18. The average molecular weight is 220 g/mol. The lowest BCUT2D eigenvalue weighted by atomic mass is 10.2. The molecule has 0 spiro atoms. The molecular formula is C9H20N2O2S. The highest BCUT2D eigenvalue weighted by molar-refractivity contribution is 7.98. The Labute approximate surface area is 89.9 Å². The first-order valence-electron chi connectivity index (χ1n) is 4.57. The predicted octanol–water partition coefficient (Wildman–Crippen LogP) is 1.20. The summed E-state index contributed by atoms with van der Waals surface area (Å²) in [6, 6.07) is -0.0140. The molecule has 0 rings (SSSR count). The van der Waals surface area contributed by atoms with Crippen LogP contribution in [0.5, 0.6) is 0 Å². The molecular weight excluding hydrogens is 200 g/mol. The van der Waals surface area contributed by atoms with Gasteiger partial charge in [0.1, 0.15) is 5.60 Å². The molecule has 0 aromatic carbocycles. The molecule has 0 radical (unpaired) electrons. The topological polar surface area (TPSA) is 64.3 Å². The number of ether oxygens (including phenoxy) is 1. The number of carbonyl (C=O) groups is 1. The van der Waals surface area contributed by atoms with Crippen LogP contribution in [0.25, 0.3) is 0 Å². The Morgan fingerprint density at radius 1 is 1.57 bits per heavy atom. The van der Waals surface area contributed by atoms with E-state index >= 15 is 0 Å². The van der Waals surface area contributed by atoms with E-state index in [1.165, 1.54) is 0 Å². The van der Waals surface area contributed by atoms with E-state index in [0.29, 0.717) is 6.54 Å². The Hall–Kier alpha value is -0.420. The van der Waals surface area contributed by atoms with Crippen molar-refractivity contribution in [3.63, 3.8) is 0 Å². The summed E-state index contributed by atoms with van der Waals surface area (Å²) in [5, 5.41) is 2.72. The van der Waals surface area contributed by atoms with Crippen molar-refractivity contribution in [1.82, 2.24) is 5.32 Å². The molecule has 3 N–H and O–H groups in total. The largest absolute Gasteiger partial charge is 0.444 e. The number of hydrogen-bond donors (Lipinski definition) is 2. The Kier molecular flexibility index (Phi) is 5.95. The van der Waals surface area contributed by atoms with Gasteiger partial charge < -0.3 is 15.8 Å². The minimum atomic E-state index is -0.456. The fraction of sp³-hybridized carbons (Fsp3) is 0.889. The number of amides is 1. The third-order valence-electron chi connectivity index (χ3n) is 1.37. The molecule has 0 saturated heterocycles. The smallest absolute Gasteiger partial charge is 0.407 e. The third kappa shape index (κ3) is 7.03. The number of rotatable bonds is 4. The van der Waals surface area contributed by atoms with Gasteiger partial charge in [-0.3, -0.25) is 0 Å². The van der Waals surface area contributed by atoms with Crippen molar-refractivity contribution in [3.05, 3.63) is 0 Å². The van der Waals surface area contributed by atoms with Gasteiger partial charge in [-0.15, -0.1) is 0 Å². The maximum Gasteiger partial charge on any atom is 0.407 e. The van der Waals surface area contributed by atoms with Crippen LogP contribution < -0.4 is 11.1 Å². The first-order valence-corrected chi connectivity index (χ1v) is 5.97. The van der Waals surface area contributed by atoms with E-state index in [9.17, 15) is 4.79 Å². The molecule has 0 fully saturated rings. The first kappa shape index (κ1) is 13.6. The van der Waals surface area contributed by atoms with Crippen LogP contribution in [0.15, 0.2) is 0 Å². The van der Waals surface area contributed by atoms with Gasteiger partial charge in [0.05, 0.1) is 6.04 Å². The fourth-order valence-corrected chi connectivity index (χ4v) is 1.47. The number of nitrogens with one attached hydrogen (secondary N) is 1. The molecule has 0 aliphatic heterocycles. The minimum Gasteiger partial charge on any atom is -0.444 e. The van der Waals surface area contributed by atoms with Crippen molar-refractivity contribution in [2.24, 2.45) is 5.73 Å². The summed E-state index contributed by atoms with van der Waals surface area (Å²) >= 11 is 1.64. The summed E-state index contributed by atoms with van der Waals surface area (Å²) in [4.78, 5) is 11.3. The zero-order chi connectivity index (χ0) is 11.2. The molecule has 14 heavy (non-hydrogen) atoms. The van der Waals surface area contributed by atoms with Gasteiger partial charge in [0.15, 0.2) is 0 Å². The van der Waals surface area contributed by atoms with E-state index in [1.54, 1.807) is 11.8 Å². The first-order chi connectivity index (χ1) is 6.39. The fourth-order valence-electron chi connectivity index (χ4n) is 0.844. The quantitative estimate of drug-likeness (QED) is 0.747. The van der Waals surface area contributed by atoms with E-state index in [2.05, 4.69) is 5.32 Å². The molecule has 4 nitrogen and oxygen atoms in total. The highest BCUT2D eigenvalue weighted by Crippen LogP contribution is 2.07. The monoisotopic (exact) mass is 220 g/mol. The number of alkyl carbamates (subject to hydrolysis) is 1. The maximum absolute atomic E-state index is 11.3. The van der Waals surface area contributed by atoms with Crippen LogP contribution in [-0.2, 0) is 4.74 Å². The summed E-state index contributed by atoms with van der Waals surface area (Å²) in [6.45, 7) is 5.93. The highest BCUT2D eigenvalue weighted by atomic mass is 32.2. The van der Waals surface area contributed by atoms with Crippen molar-refractivity contribution in [1.29, 1.82) is 0 Å². The maximum atomic E-state index is 11.3. The van der Waals surface area contributed by atoms with Crippen LogP contribution in [-0.4, -0.2) is 36.3 Å². The number of hydrogen-bond acceptors (Lipinski definition) is 4. The molecule has 0 aliphatic rings. The average Bonchev–Trinajstić information content (AvgIpc) is 2.00. The van der Waals surface area contributed by atoms with Crippen LogP contribution in [0, 0.1) is 0 Å². The van der Waals surface area contributed by atoms with E-state index in [1.807, 2.05) is 27.0 Å². The number of thioether (sulfide) groups is 1. The molecule has 5 heteroatoms. The van der Waals surface area contributed by atoms with Gasteiger partial charge in [-0.1, -0.05) is 0 Å². The third-order valence-corrected chi connectivity index (χ3v) is 2.11. The summed E-state index contributed by atoms with van der Waals surface area (Å²) in [5.41, 5.74) is 5.03. The second-order valence-corrected chi connectivity index (χ2v) is 4.94. The van der Waals surface area contributed by atoms with E-state index < -0.39 is 11.7 Å². The van der Waals surface area contributed by atoms with E-state index in [-0.39, 0.29) is 6.04 Å². The molecule has 0 aliphatic carbocycles. The Bertz CT molecular complexity index is 180. The molecule has 0 aromatic heterocycles. The van der Waals surface area contributed by atoms with Gasteiger partial charge in [0, 0.05) is 12.3 Å². The van der Waals surface area contributed by atoms with Gasteiger partial charge in [-0.05, 0) is 27.0 Å². The van der Waals surface area contributed by atoms with Gasteiger partial charge in [-0.2, -0.15) is 11.8 Å². The predicted molar refractivity (Wildman–Crippen MR) is 60.6 cm³/mol. The summed E-state index contributed by atoms with van der Waals surface area (Å²) in [6.07, 6.45) is 1.57. The van der Waals surface area contributed by atoms with Crippen molar-refractivity contribution in [3.8, 4) is 0 Å². The van der Waals surface area contributed by atoms with Crippen LogP contribution >= 0.6 is 11.8 Å². The number of carbonyl (C=O) groups excluding carboxylic acids is 1. The summed E-state index contributed by atoms with van der Waals surface area (Å²) < 4.78 is 5.10. The van der Waals surface area contributed by atoms with Crippen molar-refractivity contribution in [2.75, 3.05) is 18.6 Å². The number of nitrogens with two attached hydrogens (primary N) is 1. The van der Waals surface area contributed by atoms with Crippen LogP contribution in [0.2, 0.25) is 0 Å². The van der Waals surface area contributed by atoms with Gasteiger partial charge >= 0.3 is 6.09 Å². The zero-order valence-corrected chi connectivity index (χ0v) is 10.1. The van der Waals surface area contributed by atoms with Gasteiger partial charge in [-0.25, -0.2) is 4.79 Å². The molecule has 0 bridgehead atoms. The Balaban J connectivity index is 3.91. The second-order valence-electron chi connectivity index (χ2n) is 4.03. The lowest BCUT2D eigenvalue weighted by molar-refractivity contribution is 0.0511. The van der Waals surface area contributed by atoms with Gasteiger partial charge in [0.25, 0.3) is 0 Å². The SMILES string of the molecule is CSCC(CN)NC(=O)OC(C)(C)C. The molecule has 1 amide bonds. The van der Waals surface area contributed by atoms with Crippen LogP contribution in [0.4, 0.5) is 4.79 Å². The normalized spacial score (nSPS) is 13.5. The summed E-state index contributed by atoms with van der Waals surface area (Å²) in [5.74, 6) is 0.801. The summed E-state index contributed by atoms with van der Waals surface area (Å²) in [7, 11) is 0. The molecule has 1 unspecified atom stereocenters. The second kappa shape index (κ2) is 6.14. The Morgan fingerprint density at radius 2 is 2.14 bits per heavy atom. The van der Waals surface area contributed by atoms with Gasteiger partial charge in [0.2, 0.25) is 0 Å². The molecule has 0 heterocycles. The lowest BCUT2D eigenvalue weighted by Gasteiger charge is -2.22. The van der Waals surface area contributed by atoms with Crippen molar-refractivity contribution in [2.45, 2.75) is 32.4 Å². The molecule has 0 saturated carbocycles. The minimum absolute atomic E-state index is 0.0140. The van der Waals surface area contributed by atoms with Crippen LogP contribution in [0.3, 0.4) is 0 Å². The Morgan fingerprint density at radius 3 is 2.50 bits per heavy atom. The molecule has 0 aromatic rings.